The zero-order valence-corrected chi connectivity index (χ0v) is 18.2. The van der Waals surface area contributed by atoms with E-state index in [4.69, 9.17) is 4.52 Å². The molecule has 0 radical (unpaired) electrons. The fourth-order valence-electron chi connectivity index (χ4n) is 2.88. The third kappa shape index (κ3) is 5.65. The summed E-state index contributed by atoms with van der Waals surface area (Å²) in [6, 6.07) is 15.7. The quantitative estimate of drug-likeness (QED) is 0.513. The average molecular weight is 441 g/mol. The van der Waals surface area contributed by atoms with Crippen LogP contribution in [0.25, 0.3) is 17.5 Å². The SMILES string of the molecule is CCN(CC)S(=O)(=O)c1ccc(/C=C/C(=O)NCc2noc(-c3ccccc3)n2)cc1. The van der Waals surface area contributed by atoms with Crippen LogP contribution in [-0.4, -0.2) is 41.9 Å². The van der Waals surface area contributed by atoms with Crippen molar-refractivity contribution in [1.82, 2.24) is 19.8 Å². The second kappa shape index (κ2) is 10.1. The van der Waals surface area contributed by atoms with Gasteiger partial charge in [-0.2, -0.15) is 9.29 Å². The van der Waals surface area contributed by atoms with E-state index < -0.39 is 10.0 Å². The van der Waals surface area contributed by atoms with Crippen molar-refractivity contribution < 1.29 is 17.7 Å². The maximum absolute atomic E-state index is 12.5. The van der Waals surface area contributed by atoms with Crippen molar-refractivity contribution in [2.45, 2.75) is 25.3 Å². The summed E-state index contributed by atoms with van der Waals surface area (Å²) in [6.07, 6.45) is 2.97. The summed E-state index contributed by atoms with van der Waals surface area (Å²) in [6.45, 7) is 4.55. The Labute approximate surface area is 181 Å². The topological polar surface area (TPSA) is 105 Å². The number of benzene rings is 2. The molecule has 1 N–H and O–H groups in total. The summed E-state index contributed by atoms with van der Waals surface area (Å²) in [7, 11) is -3.50. The van der Waals surface area contributed by atoms with Crippen LogP contribution in [0, 0.1) is 0 Å². The fraction of sp³-hybridized carbons (Fsp3) is 0.227. The van der Waals surface area contributed by atoms with E-state index in [0.717, 1.165) is 5.56 Å². The molecule has 0 atom stereocenters. The molecule has 0 bridgehead atoms. The standard InChI is InChI=1S/C22H24N4O4S/c1-3-26(4-2)31(28,29)19-13-10-17(11-14-19)12-15-21(27)23-16-20-24-22(30-25-20)18-8-6-5-7-9-18/h5-15H,3-4,16H2,1-2H3,(H,23,27)/b15-12+. The highest BCUT2D eigenvalue weighted by Crippen LogP contribution is 2.17. The van der Waals surface area contributed by atoms with E-state index in [1.165, 1.54) is 22.5 Å². The minimum absolute atomic E-state index is 0.126. The highest BCUT2D eigenvalue weighted by atomic mass is 32.2. The van der Waals surface area contributed by atoms with Crippen molar-refractivity contribution in [3.63, 3.8) is 0 Å². The number of nitrogens with zero attached hydrogens (tertiary/aromatic N) is 3. The Morgan fingerprint density at radius 3 is 2.39 bits per heavy atom. The smallest absolute Gasteiger partial charge is 0.257 e. The van der Waals surface area contributed by atoms with Crippen molar-refractivity contribution >= 4 is 22.0 Å². The van der Waals surface area contributed by atoms with E-state index in [-0.39, 0.29) is 17.3 Å². The molecule has 31 heavy (non-hydrogen) atoms. The Bertz CT molecular complexity index is 1140. The van der Waals surface area contributed by atoms with Gasteiger partial charge in [-0.3, -0.25) is 4.79 Å². The minimum Gasteiger partial charge on any atom is -0.345 e. The van der Waals surface area contributed by atoms with Crippen LogP contribution in [0.1, 0.15) is 25.2 Å². The van der Waals surface area contributed by atoms with Crippen molar-refractivity contribution in [3.8, 4) is 11.5 Å². The van der Waals surface area contributed by atoms with Crippen LogP contribution in [0.15, 0.2) is 70.1 Å². The molecule has 0 fully saturated rings. The van der Waals surface area contributed by atoms with Crippen LogP contribution in [0.5, 0.6) is 0 Å². The number of amides is 1. The molecule has 1 amide bonds. The number of nitrogens with one attached hydrogen (secondary N) is 1. The molecule has 0 unspecified atom stereocenters. The van der Waals surface area contributed by atoms with E-state index in [1.54, 1.807) is 32.1 Å². The monoisotopic (exact) mass is 440 g/mol. The minimum atomic E-state index is -3.50. The van der Waals surface area contributed by atoms with Gasteiger partial charge >= 0.3 is 0 Å². The molecular weight excluding hydrogens is 416 g/mol. The number of carbonyl (C=O) groups is 1. The van der Waals surface area contributed by atoms with Gasteiger partial charge in [-0.15, -0.1) is 0 Å². The van der Waals surface area contributed by atoms with E-state index in [9.17, 15) is 13.2 Å². The Morgan fingerprint density at radius 2 is 1.74 bits per heavy atom. The first-order valence-corrected chi connectivity index (χ1v) is 11.3. The van der Waals surface area contributed by atoms with Gasteiger partial charge in [-0.1, -0.05) is 49.3 Å². The summed E-state index contributed by atoms with van der Waals surface area (Å²) in [5, 5.41) is 6.54. The van der Waals surface area contributed by atoms with E-state index >= 15 is 0 Å². The Balaban J connectivity index is 1.56. The largest absolute Gasteiger partial charge is 0.345 e. The van der Waals surface area contributed by atoms with Crippen molar-refractivity contribution in [1.29, 1.82) is 0 Å². The molecule has 0 spiro atoms. The Kier molecular flexibility index (Phi) is 7.32. The molecule has 3 rings (SSSR count). The summed E-state index contributed by atoms with van der Waals surface area (Å²) < 4.78 is 31.6. The number of rotatable bonds is 9. The number of carbonyl (C=O) groups excluding carboxylic acids is 1. The number of aromatic nitrogens is 2. The van der Waals surface area contributed by atoms with Gasteiger partial charge in [0.15, 0.2) is 5.82 Å². The number of hydrogen-bond acceptors (Lipinski definition) is 6. The molecule has 0 aliphatic heterocycles. The molecule has 3 aromatic rings. The lowest BCUT2D eigenvalue weighted by Crippen LogP contribution is -2.30. The van der Waals surface area contributed by atoms with E-state index in [1.807, 2.05) is 30.3 Å². The average Bonchev–Trinajstić information content (AvgIpc) is 3.27. The molecular formula is C22H24N4O4S. The Morgan fingerprint density at radius 1 is 1.06 bits per heavy atom. The maximum Gasteiger partial charge on any atom is 0.257 e. The van der Waals surface area contributed by atoms with Crippen LogP contribution >= 0.6 is 0 Å². The number of sulfonamides is 1. The summed E-state index contributed by atoms with van der Waals surface area (Å²) >= 11 is 0. The predicted octanol–water partition coefficient (Wildman–Crippen LogP) is 3.10. The first-order valence-electron chi connectivity index (χ1n) is 9.88. The van der Waals surface area contributed by atoms with Crippen molar-refractivity contribution in [2.24, 2.45) is 0 Å². The van der Waals surface area contributed by atoms with Crippen LogP contribution in [0.2, 0.25) is 0 Å². The van der Waals surface area contributed by atoms with Gasteiger partial charge in [0.05, 0.1) is 11.4 Å². The normalized spacial score (nSPS) is 11.8. The van der Waals surface area contributed by atoms with Crippen LogP contribution < -0.4 is 5.32 Å². The lowest BCUT2D eigenvalue weighted by atomic mass is 10.2. The van der Waals surface area contributed by atoms with Crippen molar-refractivity contribution in [3.05, 3.63) is 72.1 Å². The first kappa shape index (κ1) is 22.4. The zero-order chi connectivity index (χ0) is 22.3. The summed E-state index contributed by atoms with van der Waals surface area (Å²) in [5.74, 6) is 0.428. The lowest BCUT2D eigenvalue weighted by Gasteiger charge is -2.18. The molecule has 2 aromatic carbocycles. The molecule has 0 aliphatic rings. The zero-order valence-electron chi connectivity index (χ0n) is 17.4. The highest BCUT2D eigenvalue weighted by molar-refractivity contribution is 7.89. The predicted molar refractivity (Wildman–Crippen MR) is 117 cm³/mol. The molecule has 0 aliphatic carbocycles. The second-order valence-corrected chi connectivity index (χ2v) is 8.53. The van der Waals surface area contributed by atoms with Gasteiger partial charge in [0.2, 0.25) is 15.9 Å². The molecule has 0 saturated heterocycles. The van der Waals surface area contributed by atoms with Gasteiger partial charge in [-0.25, -0.2) is 8.42 Å². The molecule has 162 valence electrons. The summed E-state index contributed by atoms with van der Waals surface area (Å²) in [5.41, 5.74) is 1.51. The first-order chi connectivity index (χ1) is 14.9. The van der Waals surface area contributed by atoms with Gasteiger partial charge < -0.3 is 9.84 Å². The lowest BCUT2D eigenvalue weighted by molar-refractivity contribution is -0.116. The molecule has 9 heteroatoms. The third-order valence-corrected chi connectivity index (χ3v) is 6.62. The summed E-state index contributed by atoms with van der Waals surface area (Å²) in [4.78, 5) is 16.6. The van der Waals surface area contributed by atoms with E-state index in [2.05, 4.69) is 15.5 Å². The Hall–Kier alpha value is -3.30. The van der Waals surface area contributed by atoms with Gasteiger partial charge in [0.25, 0.3) is 5.89 Å². The molecule has 1 aromatic heterocycles. The van der Waals surface area contributed by atoms with Gasteiger partial charge in [0.1, 0.15) is 0 Å². The second-order valence-electron chi connectivity index (χ2n) is 6.59. The van der Waals surface area contributed by atoms with Crippen LogP contribution in [0.4, 0.5) is 0 Å². The highest BCUT2D eigenvalue weighted by Gasteiger charge is 2.20. The van der Waals surface area contributed by atoms with Crippen LogP contribution in [-0.2, 0) is 21.4 Å². The maximum atomic E-state index is 12.5. The van der Waals surface area contributed by atoms with Crippen LogP contribution in [0.3, 0.4) is 0 Å². The number of hydrogen-bond donors (Lipinski definition) is 1. The van der Waals surface area contributed by atoms with Gasteiger partial charge in [0, 0.05) is 24.7 Å². The molecule has 0 saturated carbocycles. The van der Waals surface area contributed by atoms with Crippen molar-refractivity contribution in [2.75, 3.05) is 13.1 Å². The third-order valence-electron chi connectivity index (χ3n) is 4.56. The molecule has 8 nitrogen and oxygen atoms in total. The van der Waals surface area contributed by atoms with E-state index in [0.29, 0.717) is 30.4 Å². The molecule has 1 heterocycles. The fourth-order valence-corrected chi connectivity index (χ4v) is 4.34. The van der Waals surface area contributed by atoms with Gasteiger partial charge in [-0.05, 0) is 35.9 Å².